The molecule has 100 valence electrons. The van der Waals surface area contributed by atoms with Crippen LogP contribution in [-0.2, 0) is 10.0 Å². The summed E-state index contributed by atoms with van der Waals surface area (Å²) in [6.45, 7) is 1.91. The van der Waals surface area contributed by atoms with Crippen LogP contribution in [0.2, 0.25) is 0 Å². The molecule has 0 aliphatic heterocycles. The fraction of sp³-hybridized carbons (Fsp3) is 0.364. The number of sulfonamides is 1. The van der Waals surface area contributed by atoms with E-state index >= 15 is 0 Å². The van der Waals surface area contributed by atoms with Gasteiger partial charge in [0.15, 0.2) is 0 Å². The van der Waals surface area contributed by atoms with Crippen molar-refractivity contribution in [2.75, 3.05) is 10.5 Å². The van der Waals surface area contributed by atoms with Crippen LogP contribution in [0.25, 0.3) is 0 Å². The SMILES string of the molecule is CCCCS(=O)(=O)Nc1ccccc1C(=O)NN. The second kappa shape index (κ2) is 6.36. The molecule has 0 radical (unpaired) electrons. The average Bonchev–Trinajstić information content (AvgIpc) is 2.36. The van der Waals surface area contributed by atoms with Gasteiger partial charge in [0, 0.05) is 0 Å². The molecule has 6 nitrogen and oxygen atoms in total. The number of unbranched alkanes of at least 4 members (excludes halogenated alkanes) is 1. The van der Waals surface area contributed by atoms with Gasteiger partial charge < -0.3 is 0 Å². The van der Waals surface area contributed by atoms with E-state index in [-0.39, 0.29) is 17.0 Å². The Labute approximate surface area is 107 Å². The van der Waals surface area contributed by atoms with Gasteiger partial charge in [-0.2, -0.15) is 0 Å². The van der Waals surface area contributed by atoms with Crippen molar-refractivity contribution in [2.45, 2.75) is 19.8 Å². The number of benzene rings is 1. The maximum absolute atomic E-state index is 11.7. The predicted molar refractivity (Wildman–Crippen MR) is 70.4 cm³/mol. The molecule has 0 aliphatic rings. The number of carbonyl (C=O) groups is 1. The number of nitrogen functional groups attached to an aromatic ring is 1. The van der Waals surface area contributed by atoms with Gasteiger partial charge in [-0.05, 0) is 18.6 Å². The minimum absolute atomic E-state index is 0.0298. The van der Waals surface area contributed by atoms with Gasteiger partial charge in [-0.3, -0.25) is 14.9 Å². The van der Waals surface area contributed by atoms with E-state index in [1.807, 2.05) is 12.3 Å². The highest BCUT2D eigenvalue weighted by Crippen LogP contribution is 2.16. The molecule has 0 spiro atoms. The Hall–Kier alpha value is -1.60. The molecular weight excluding hydrogens is 254 g/mol. The van der Waals surface area contributed by atoms with Crippen LogP contribution in [-0.4, -0.2) is 20.1 Å². The summed E-state index contributed by atoms with van der Waals surface area (Å²) < 4.78 is 25.9. The fourth-order valence-corrected chi connectivity index (χ4v) is 2.68. The van der Waals surface area contributed by atoms with Gasteiger partial charge in [-0.1, -0.05) is 25.5 Å². The van der Waals surface area contributed by atoms with Crippen LogP contribution in [0.15, 0.2) is 24.3 Å². The molecule has 7 heteroatoms. The van der Waals surface area contributed by atoms with Gasteiger partial charge in [0.05, 0.1) is 17.0 Å². The maximum atomic E-state index is 11.7. The zero-order chi connectivity index (χ0) is 13.6. The summed E-state index contributed by atoms with van der Waals surface area (Å²) in [5, 5.41) is 0. The third-order valence-electron chi connectivity index (χ3n) is 2.33. The van der Waals surface area contributed by atoms with E-state index < -0.39 is 15.9 Å². The number of nitrogens with two attached hydrogens (primary N) is 1. The maximum Gasteiger partial charge on any atom is 0.267 e. The molecule has 0 heterocycles. The summed E-state index contributed by atoms with van der Waals surface area (Å²) in [4.78, 5) is 11.5. The number of amides is 1. The van der Waals surface area contributed by atoms with E-state index in [1.54, 1.807) is 12.1 Å². The van der Waals surface area contributed by atoms with Crippen LogP contribution in [0.1, 0.15) is 30.1 Å². The lowest BCUT2D eigenvalue weighted by molar-refractivity contribution is 0.0954. The molecule has 0 aliphatic carbocycles. The number of rotatable bonds is 6. The molecule has 1 aromatic carbocycles. The highest BCUT2D eigenvalue weighted by molar-refractivity contribution is 7.92. The minimum Gasteiger partial charge on any atom is -0.290 e. The Morgan fingerprint density at radius 1 is 1.33 bits per heavy atom. The number of hydrazine groups is 1. The van der Waals surface area contributed by atoms with Gasteiger partial charge in [-0.15, -0.1) is 0 Å². The molecule has 18 heavy (non-hydrogen) atoms. The third-order valence-corrected chi connectivity index (χ3v) is 3.69. The van der Waals surface area contributed by atoms with Crippen molar-refractivity contribution >= 4 is 21.6 Å². The molecule has 4 N–H and O–H groups in total. The second-order valence-corrected chi connectivity index (χ2v) is 5.64. The molecule has 0 aromatic heterocycles. The zero-order valence-electron chi connectivity index (χ0n) is 10.1. The fourth-order valence-electron chi connectivity index (χ4n) is 1.40. The first kappa shape index (κ1) is 14.5. The van der Waals surface area contributed by atoms with Crippen molar-refractivity contribution in [3.8, 4) is 0 Å². The quantitative estimate of drug-likeness (QED) is 0.405. The predicted octanol–water partition coefficient (Wildman–Crippen LogP) is 0.832. The lowest BCUT2D eigenvalue weighted by Gasteiger charge is -2.11. The Morgan fingerprint density at radius 3 is 2.61 bits per heavy atom. The van der Waals surface area contributed by atoms with Crippen molar-refractivity contribution in [1.29, 1.82) is 0 Å². The number of hydrogen-bond acceptors (Lipinski definition) is 4. The summed E-state index contributed by atoms with van der Waals surface area (Å²) in [5.41, 5.74) is 2.40. The molecule has 0 saturated carbocycles. The van der Waals surface area contributed by atoms with Crippen LogP contribution >= 0.6 is 0 Å². The summed E-state index contributed by atoms with van der Waals surface area (Å²) in [6.07, 6.45) is 1.35. The topological polar surface area (TPSA) is 101 Å². The van der Waals surface area contributed by atoms with Crippen LogP contribution in [0.5, 0.6) is 0 Å². The van der Waals surface area contributed by atoms with Crippen molar-refractivity contribution in [3.63, 3.8) is 0 Å². The molecule has 0 atom stereocenters. The largest absolute Gasteiger partial charge is 0.290 e. The Bertz CT molecular complexity index is 514. The summed E-state index contributed by atoms with van der Waals surface area (Å²) >= 11 is 0. The van der Waals surface area contributed by atoms with E-state index in [2.05, 4.69) is 4.72 Å². The molecule has 0 fully saturated rings. The van der Waals surface area contributed by atoms with Crippen molar-refractivity contribution in [1.82, 2.24) is 5.43 Å². The number of para-hydroxylation sites is 1. The summed E-state index contributed by atoms with van der Waals surface area (Å²) in [6, 6.07) is 6.30. The number of carbonyl (C=O) groups excluding carboxylic acids is 1. The normalized spacial score (nSPS) is 11.0. The average molecular weight is 271 g/mol. The lowest BCUT2D eigenvalue weighted by atomic mass is 10.2. The van der Waals surface area contributed by atoms with Crippen LogP contribution in [0, 0.1) is 0 Å². The molecule has 1 aromatic rings. The van der Waals surface area contributed by atoms with Gasteiger partial charge in [0.2, 0.25) is 10.0 Å². The van der Waals surface area contributed by atoms with E-state index in [9.17, 15) is 13.2 Å². The Kier molecular flexibility index (Phi) is 5.11. The van der Waals surface area contributed by atoms with Crippen LogP contribution in [0.4, 0.5) is 5.69 Å². The first-order valence-corrected chi connectivity index (χ1v) is 7.26. The molecule has 0 unspecified atom stereocenters. The Balaban J connectivity index is 2.94. The van der Waals surface area contributed by atoms with E-state index in [1.165, 1.54) is 12.1 Å². The first-order valence-electron chi connectivity index (χ1n) is 5.60. The van der Waals surface area contributed by atoms with Gasteiger partial charge in [0.25, 0.3) is 5.91 Å². The Morgan fingerprint density at radius 2 is 2.00 bits per heavy atom. The van der Waals surface area contributed by atoms with Crippen LogP contribution < -0.4 is 16.0 Å². The van der Waals surface area contributed by atoms with Gasteiger partial charge >= 0.3 is 0 Å². The minimum atomic E-state index is -3.43. The molecule has 1 rings (SSSR count). The summed E-state index contributed by atoms with van der Waals surface area (Å²) in [7, 11) is -3.43. The second-order valence-electron chi connectivity index (χ2n) is 3.79. The smallest absolute Gasteiger partial charge is 0.267 e. The number of nitrogens with one attached hydrogen (secondary N) is 2. The molecule has 1 amide bonds. The standard InChI is InChI=1S/C11H17N3O3S/c1-2-3-8-18(16,17)14-10-7-5-4-6-9(10)11(15)13-12/h4-7,14H,2-3,8,12H2,1H3,(H,13,15). The van der Waals surface area contributed by atoms with Crippen LogP contribution in [0.3, 0.4) is 0 Å². The highest BCUT2D eigenvalue weighted by Gasteiger charge is 2.15. The van der Waals surface area contributed by atoms with E-state index in [4.69, 9.17) is 5.84 Å². The molecule has 0 saturated heterocycles. The van der Waals surface area contributed by atoms with Gasteiger partial charge in [-0.25, -0.2) is 14.3 Å². The third kappa shape index (κ3) is 4.01. The zero-order valence-corrected chi connectivity index (χ0v) is 11.0. The molecule has 0 bridgehead atoms. The van der Waals surface area contributed by atoms with E-state index in [0.29, 0.717) is 6.42 Å². The van der Waals surface area contributed by atoms with Crippen molar-refractivity contribution in [2.24, 2.45) is 5.84 Å². The number of hydrogen-bond donors (Lipinski definition) is 3. The van der Waals surface area contributed by atoms with Crippen molar-refractivity contribution < 1.29 is 13.2 Å². The summed E-state index contributed by atoms with van der Waals surface area (Å²) in [5.74, 6) is 4.53. The van der Waals surface area contributed by atoms with E-state index in [0.717, 1.165) is 6.42 Å². The highest BCUT2D eigenvalue weighted by atomic mass is 32.2. The lowest BCUT2D eigenvalue weighted by Crippen LogP contribution is -2.31. The van der Waals surface area contributed by atoms with Gasteiger partial charge in [0.1, 0.15) is 0 Å². The number of anilines is 1. The van der Waals surface area contributed by atoms with Crippen molar-refractivity contribution in [3.05, 3.63) is 29.8 Å². The molecular formula is C11H17N3O3S. The first-order chi connectivity index (χ1) is 8.50. The monoisotopic (exact) mass is 271 g/mol.